The molecule has 6 nitrogen and oxygen atoms in total. The molecule has 184 valence electrons. The largest absolute Gasteiger partial charge is 0.416 e. The second-order valence-corrected chi connectivity index (χ2v) is 10.1. The first kappa shape index (κ1) is 23.7. The van der Waals surface area contributed by atoms with Crippen LogP contribution in [0.5, 0.6) is 0 Å². The van der Waals surface area contributed by atoms with Crippen LogP contribution in [0.4, 0.5) is 24.5 Å². The van der Waals surface area contributed by atoms with Crippen molar-refractivity contribution >= 4 is 23.1 Å². The van der Waals surface area contributed by atoms with Crippen LogP contribution in [-0.4, -0.2) is 18.7 Å². The summed E-state index contributed by atoms with van der Waals surface area (Å²) in [4.78, 5) is 30.7. The number of nitrogens with two attached hydrogens (primary N) is 1. The van der Waals surface area contributed by atoms with Gasteiger partial charge in [-0.2, -0.15) is 18.4 Å². The van der Waals surface area contributed by atoms with Crippen LogP contribution < -0.4 is 15.5 Å². The fourth-order valence-electron chi connectivity index (χ4n) is 5.76. The van der Waals surface area contributed by atoms with Crippen LogP contribution in [0.25, 0.3) is 0 Å². The van der Waals surface area contributed by atoms with Gasteiger partial charge in [-0.05, 0) is 42.2 Å². The number of carbonyl (C=O) groups excluding carboxylic acids is 2. The molecule has 1 atom stereocenters. The average molecular weight is 493 g/mol. The molecule has 2 N–H and O–H groups in total. The summed E-state index contributed by atoms with van der Waals surface area (Å²) in [5.74, 6) is -0.840. The minimum absolute atomic E-state index is 0.0834. The monoisotopic (exact) mass is 492 g/mol. The quantitative estimate of drug-likeness (QED) is 0.619. The first-order valence-corrected chi connectivity index (χ1v) is 11.4. The van der Waals surface area contributed by atoms with E-state index in [0.717, 1.165) is 12.1 Å². The van der Waals surface area contributed by atoms with Crippen molar-refractivity contribution in [1.29, 1.82) is 5.26 Å². The van der Waals surface area contributed by atoms with Crippen molar-refractivity contribution in [3.05, 3.63) is 82.3 Å². The number of amides is 1. The number of Topliss-reactive ketones (excluding diaryl/α,β-unsaturated/α-hetero) is 1. The molecule has 3 aliphatic rings. The topological polar surface area (TPSA) is 90.4 Å². The van der Waals surface area contributed by atoms with Gasteiger partial charge in [0.15, 0.2) is 5.78 Å². The molecule has 5 rings (SSSR count). The van der Waals surface area contributed by atoms with Gasteiger partial charge in [0, 0.05) is 41.7 Å². The predicted octanol–water partition coefficient (Wildman–Crippen LogP) is 4.78. The Labute approximate surface area is 206 Å². The fourth-order valence-corrected chi connectivity index (χ4v) is 5.76. The minimum Gasteiger partial charge on any atom is -0.384 e. The van der Waals surface area contributed by atoms with Crippen LogP contribution in [0.2, 0.25) is 0 Å². The highest BCUT2D eigenvalue weighted by Crippen LogP contribution is 2.58. The van der Waals surface area contributed by atoms with Gasteiger partial charge in [0.2, 0.25) is 5.91 Å². The number of anilines is 2. The van der Waals surface area contributed by atoms with E-state index in [9.17, 15) is 28.0 Å². The molecule has 0 unspecified atom stereocenters. The molecule has 1 aliphatic carbocycles. The number of halogens is 3. The number of benzene rings is 2. The summed E-state index contributed by atoms with van der Waals surface area (Å²) in [5, 5.41) is 10.3. The van der Waals surface area contributed by atoms with Crippen LogP contribution in [0.1, 0.15) is 37.8 Å². The van der Waals surface area contributed by atoms with Crippen molar-refractivity contribution in [2.75, 3.05) is 16.8 Å². The zero-order chi connectivity index (χ0) is 26.2. The van der Waals surface area contributed by atoms with E-state index in [1.165, 1.54) is 21.9 Å². The summed E-state index contributed by atoms with van der Waals surface area (Å²) in [6.45, 7) is 3.81. The van der Waals surface area contributed by atoms with Crippen LogP contribution in [0.3, 0.4) is 0 Å². The molecule has 36 heavy (non-hydrogen) atoms. The summed E-state index contributed by atoms with van der Waals surface area (Å²) in [6.07, 6.45) is -4.05. The second-order valence-electron chi connectivity index (χ2n) is 10.1. The number of nitrogens with zero attached hydrogens (tertiary/aromatic N) is 3. The molecule has 2 aromatic rings. The van der Waals surface area contributed by atoms with Crippen LogP contribution >= 0.6 is 0 Å². The lowest BCUT2D eigenvalue weighted by Crippen LogP contribution is -2.53. The van der Waals surface area contributed by atoms with Gasteiger partial charge in [0.05, 0.1) is 11.1 Å². The molecule has 0 bridgehead atoms. The summed E-state index contributed by atoms with van der Waals surface area (Å²) in [5.41, 5.74) is 5.34. The Bertz CT molecular complexity index is 1430. The Kier molecular flexibility index (Phi) is 4.91. The van der Waals surface area contributed by atoms with Crippen LogP contribution in [-0.2, 0) is 21.2 Å². The van der Waals surface area contributed by atoms with Crippen molar-refractivity contribution in [3.8, 4) is 6.07 Å². The van der Waals surface area contributed by atoms with Crippen LogP contribution in [0, 0.1) is 16.7 Å². The highest BCUT2D eigenvalue weighted by molar-refractivity contribution is 6.20. The van der Waals surface area contributed by atoms with Gasteiger partial charge in [0.1, 0.15) is 17.3 Å². The molecule has 2 aromatic carbocycles. The summed E-state index contributed by atoms with van der Waals surface area (Å²) in [7, 11) is 1.58. The Balaban J connectivity index is 1.85. The molecule has 9 heteroatoms. The minimum atomic E-state index is -4.53. The number of rotatable bonds is 1. The van der Waals surface area contributed by atoms with E-state index in [-0.39, 0.29) is 34.9 Å². The van der Waals surface area contributed by atoms with E-state index in [1.54, 1.807) is 31.3 Å². The number of alkyl halides is 3. The number of para-hydroxylation sites is 1. The van der Waals surface area contributed by atoms with Crippen molar-refractivity contribution in [2.24, 2.45) is 11.1 Å². The molecule has 1 spiro atoms. The van der Waals surface area contributed by atoms with Gasteiger partial charge >= 0.3 is 6.18 Å². The van der Waals surface area contributed by atoms with Crippen molar-refractivity contribution < 1.29 is 22.8 Å². The number of carbonyl (C=O) groups is 2. The molecule has 0 fully saturated rings. The zero-order valence-corrected chi connectivity index (χ0v) is 19.9. The van der Waals surface area contributed by atoms with E-state index >= 15 is 0 Å². The second kappa shape index (κ2) is 7.47. The lowest BCUT2D eigenvalue weighted by Gasteiger charge is -2.47. The molecular weight excluding hydrogens is 469 g/mol. The Morgan fingerprint density at radius 3 is 2.28 bits per heavy atom. The Morgan fingerprint density at radius 1 is 1.03 bits per heavy atom. The number of nitriles is 1. The molecule has 0 saturated heterocycles. The van der Waals surface area contributed by atoms with E-state index in [2.05, 4.69) is 6.07 Å². The number of likely N-dealkylation sites (N-methyl/N-ethyl adjacent to an activating group) is 1. The third-order valence-corrected chi connectivity index (χ3v) is 7.23. The summed E-state index contributed by atoms with van der Waals surface area (Å²) < 4.78 is 39.6. The number of fused-ring (bicyclic) bond motifs is 3. The van der Waals surface area contributed by atoms with Gasteiger partial charge < -0.3 is 10.6 Å². The Hall–Kier alpha value is -4.06. The number of hydrogen-bond acceptors (Lipinski definition) is 5. The molecule has 0 saturated carbocycles. The van der Waals surface area contributed by atoms with E-state index in [0.29, 0.717) is 23.4 Å². The van der Waals surface area contributed by atoms with E-state index < -0.39 is 28.5 Å². The normalized spacial score (nSPS) is 23.2. The maximum atomic E-state index is 14.0. The van der Waals surface area contributed by atoms with Crippen molar-refractivity contribution in [2.45, 2.75) is 38.3 Å². The molecule has 2 aliphatic heterocycles. The third-order valence-electron chi connectivity index (χ3n) is 7.23. The SMILES string of the molecule is CN1C(=O)[C@@]2(C(C#N)=C(N)N(c3ccc(C(F)(F)F)cc3)C3=C2C(=O)CC(C)(C)C3)c2ccccc21. The van der Waals surface area contributed by atoms with Crippen LogP contribution in [0.15, 0.2) is 71.2 Å². The fraction of sp³-hybridized carbons (Fsp3) is 0.296. The number of hydrogen-bond donors (Lipinski definition) is 1. The lowest BCUT2D eigenvalue weighted by molar-refractivity contribution is -0.137. The van der Waals surface area contributed by atoms with E-state index in [1.807, 2.05) is 13.8 Å². The molecule has 1 amide bonds. The summed E-state index contributed by atoms with van der Waals surface area (Å²) in [6, 6.07) is 13.4. The first-order chi connectivity index (χ1) is 16.8. The van der Waals surface area contributed by atoms with Gasteiger partial charge in [-0.25, -0.2) is 0 Å². The highest BCUT2D eigenvalue weighted by Gasteiger charge is 2.62. The first-order valence-electron chi connectivity index (χ1n) is 11.4. The smallest absolute Gasteiger partial charge is 0.384 e. The number of allylic oxidation sites excluding steroid dienone is 1. The van der Waals surface area contributed by atoms with Crippen molar-refractivity contribution in [3.63, 3.8) is 0 Å². The van der Waals surface area contributed by atoms with Gasteiger partial charge in [-0.3, -0.25) is 14.5 Å². The molecular formula is C27H23F3N4O2. The molecule has 2 heterocycles. The third kappa shape index (κ3) is 3.03. The number of ketones is 1. The average Bonchev–Trinajstić information content (AvgIpc) is 3.01. The maximum absolute atomic E-state index is 14.0. The van der Waals surface area contributed by atoms with E-state index in [4.69, 9.17) is 5.73 Å². The Morgan fingerprint density at radius 2 is 1.67 bits per heavy atom. The highest BCUT2D eigenvalue weighted by atomic mass is 19.4. The maximum Gasteiger partial charge on any atom is 0.416 e. The van der Waals surface area contributed by atoms with Gasteiger partial charge in [-0.15, -0.1) is 0 Å². The standard InChI is InChI=1S/C27H23F3N4O2/c1-25(2)12-20-22(21(35)13-25)26(17-6-4-5-7-19(17)33(3)24(26)36)18(14-31)23(32)34(20)16-10-8-15(9-11-16)27(28,29)30/h4-11H,12-13,32H2,1-3H3/t26-/m1/s1. The van der Waals surface area contributed by atoms with Crippen molar-refractivity contribution in [1.82, 2.24) is 0 Å². The zero-order valence-electron chi connectivity index (χ0n) is 19.9. The van der Waals surface area contributed by atoms with Gasteiger partial charge in [-0.1, -0.05) is 32.0 Å². The summed E-state index contributed by atoms with van der Waals surface area (Å²) >= 11 is 0. The van der Waals surface area contributed by atoms with Gasteiger partial charge in [0.25, 0.3) is 0 Å². The molecule has 0 radical (unpaired) electrons. The predicted molar refractivity (Wildman–Crippen MR) is 127 cm³/mol. The molecule has 0 aromatic heterocycles. The lowest BCUT2D eigenvalue weighted by atomic mass is 9.60.